The molecule has 1 fully saturated rings. The summed E-state index contributed by atoms with van der Waals surface area (Å²) >= 11 is 0. The first kappa shape index (κ1) is 16.6. The zero-order valence-electron chi connectivity index (χ0n) is 14.7. The number of carbonyl (C=O) groups is 2. The standard InChI is InChI=1S/C19H24N2O3/c1-5-12-13-8-6-7-9-15(13)24-16(12)17(22)20-14-10-11-21(18(14)23)19(2,3)4/h6-9,14H,5,10-11H2,1-4H3,(H,20,22). The Bertz CT molecular complexity index is 785. The molecule has 2 amide bonds. The van der Waals surface area contributed by atoms with E-state index in [9.17, 15) is 9.59 Å². The molecule has 1 aliphatic heterocycles. The van der Waals surface area contributed by atoms with E-state index in [1.807, 2.05) is 56.9 Å². The lowest BCUT2D eigenvalue weighted by molar-refractivity contribution is -0.133. The fraction of sp³-hybridized carbons (Fsp3) is 0.474. The van der Waals surface area contributed by atoms with E-state index in [2.05, 4.69) is 5.32 Å². The van der Waals surface area contributed by atoms with Crippen molar-refractivity contribution >= 4 is 22.8 Å². The summed E-state index contributed by atoms with van der Waals surface area (Å²) < 4.78 is 5.75. The van der Waals surface area contributed by atoms with Crippen LogP contribution in [0.1, 0.15) is 50.2 Å². The SMILES string of the molecule is CCc1c(C(=O)NC2CCN(C(C)(C)C)C2=O)oc2ccccc12. The predicted octanol–water partition coefficient (Wildman–Crippen LogP) is 3.12. The Kier molecular flexibility index (Phi) is 4.11. The molecule has 1 aromatic carbocycles. The molecule has 1 atom stereocenters. The molecule has 5 nitrogen and oxygen atoms in total. The number of carbonyl (C=O) groups excluding carboxylic acids is 2. The first-order valence-electron chi connectivity index (χ1n) is 8.45. The van der Waals surface area contributed by atoms with Crippen LogP contribution in [0.5, 0.6) is 0 Å². The molecule has 5 heteroatoms. The predicted molar refractivity (Wildman–Crippen MR) is 92.9 cm³/mol. The molecule has 0 radical (unpaired) electrons. The third kappa shape index (κ3) is 2.79. The molecule has 24 heavy (non-hydrogen) atoms. The number of fused-ring (bicyclic) bond motifs is 1. The van der Waals surface area contributed by atoms with Crippen LogP contribution in [0.4, 0.5) is 0 Å². The van der Waals surface area contributed by atoms with Gasteiger partial charge in [-0.05, 0) is 39.7 Å². The molecule has 2 aromatic rings. The molecular formula is C19H24N2O3. The van der Waals surface area contributed by atoms with Crippen molar-refractivity contribution in [1.29, 1.82) is 0 Å². The number of rotatable bonds is 3. The van der Waals surface area contributed by atoms with Crippen molar-refractivity contribution in [3.63, 3.8) is 0 Å². The fourth-order valence-corrected chi connectivity index (χ4v) is 3.34. The number of likely N-dealkylation sites (tertiary alicyclic amines) is 1. The van der Waals surface area contributed by atoms with Gasteiger partial charge < -0.3 is 14.6 Å². The van der Waals surface area contributed by atoms with E-state index >= 15 is 0 Å². The minimum Gasteiger partial charge on any atom is -0.451 e. The third-order valence-corrected chi connectivity index (χ3v) is 4.58. The van der Waals surface area contributed by atoms with Gasteiger partial charge in [0.15, 0.2) is 5.76 Å². The first-order valence-corrected chi connectivity index (χ1v) is 8.45. The molecule has 1 unspecified atom stereocenters. The number of amides is 2. The van der Waals surface area contributed by atoms with E-state index in [-0.39, 0.29) is 17.4 Å². The van der Waals surface area contributed by atoms with Crippen LogP contribution in [-0.2, 0) is 11.2 Å². The molecule has 1 saturated heterocycles. The smallest absolute Gasteiger partial charge is 0.287 e. The lowest BCUT2D eigenvalue weighted by Gasteiger charge is -2.32. The maximum absolute atomic E-state index is 12.7. The maximum Gasteiger partial charge on any atom is 0.287 e. The Morgan fingerprint density at radius 1 is 1.33 bits per heavy atom. The summed E-state index contributed by atoms with van der Waals surface area (Å²) in [4.78, 5) is 27.0. The fourth-order valence-electron chi connectivity index (χ4n) is 3.34. The molecule has 0 bridgehead atoms. The quantitative estimate of drug-likeness (QED) is 0.941. The number of nitrogens with one attached hydrogen (secondary N) is 1. The largest absolute Gasteiger partial charge is 0.451 e. The summed E-state index contributed by atoms with van der Waals surface area (Å²) in [5.74, 6) is -0.0112. The van der Waals surface area contributed by atoms with E-state index in [0.29, 0.717) is 30.7 Å². The van der Waals surface area contributed by atoms with Crippen molar-refractivity contribution in [2.45, 2.75) is 52.1 Å². The van der Waals surface area contributed by atoms with E-state index in [1.165, 1.54) is 0 Å². The van der Waals surface area contributed by atoms with Gasteiger partial charge in [0.2, 0.25) is 5.91 Å². The van der Waals surface area contributed by atoms with Gasteiger partial charge in [0.1, 0.15) is 11.6 Å². The van der Waals surface area contributed by atoms with Gasteiger partial charge in [-0.3, -0.25) is 9.59 Å². The van der Waals surface area contributed by atoms with Crippen molar-refractivity contribution in [1.82, 2.24) is 10.2 Å². The Labute approximate surface area is 142 Å². The zero-order chi connectivity index (χ0) is 17.5. The molecule has 0 spiro atoms. The summed E-state index contributed by atoms with van der Waals surface area (Å²) in [6.45, 7) is 8.67. The highest BCUT2D eigenvalue weighted by molar-refractivity contribution is 6.01. The number of hydrogen-bond donors (Lipinski definition) is 1. The number of nitrogens with zero attached hydrogens (tertiary/aromatic N) is 1. The average Bonchev–Trinajstić information content (AvgIpc) is 3.07. The van der Waals surface area contributed by atoms with Crippen LogP contribution in [0.25, 0.3) is 11.0 Å². The molecular weight excluding hydrogens is 304 g/mol. The van der Waals surface area contributed by atoms with E-state index in [4.69, 9.17) is 4.42 Å². The van der Waals surface area contributed by atoms with Crippen molar-refractivity contribution in [3.8, 4) is 0 Å². The van der Waals surface area contributed by atoms with Crippen LogP contribution in [0.15, 0.2) is 28.7 Å². The zero-order valence-corrected chi connectivity index (χ0v) is 14.7. The van der Waals surface area contributed by atoms with Crippen molar-refractivity contribution in [2.24, 2.45) is 0 Å². The van der Waals surface area contributed by atoms with Gasteiger partial charge in [-0.25, -0.2) is 0 Å². The second kappa shape index (κ2) is 5.96. The molecule has 128 valence electrons. The van der Waals surface area contributed by atoms with E-state index in [1.54, 1.807) is 0 Å². The number of aryl methyl sites for hydroxylation is 1. The molecule has 0 aliphatic carbocycles. The first-order chi connectivity index (χ1) is 11.3. The molecule has 1 aliphatic rings. The van der Waals surface area contributed by atoms with Gasteiger partial charge in [-0.1, -0.05) is 25.1 Å². The number of benzene rings is 1. The summed E-state index contributed by atoms with van der Waals surface area (Å²) in [5.41, 5.74) is 1.36. The molecule has 0 saturated carbocycles. The van der Waals surface area contributed by atoms with Crippen molar-refractivity contribution < 1.29 is 14.0 Å². The van der Waals surface area contributed by atoms with Gasteiger partial charge in [0.05, 0.1) is 0 Å². The number of para-hydroxylation sites is 1. The van der Waals surface area contributed by atoms with Crippen LogP contribution in [0.3, 0.4) is 0 Å². The van der Waals surface area contributed by atoms with Gasteiger partial charge in [-0.15, -0.1) is 0 Å². The lowest BCUT2D eigenvalue weighted by atomic mass is 10.1. The van der Waals surface area contributed by atoms with E-state index in [0.717, 1.165) is 10.9 Å². The second-order valence-electron chi connectivity index (χ2n) is 7.23. The van der Waals surface area contributed by atoms with Gasteiger partial charge in [-0.2, -0.15) is 0 Å². The highest BCUT2D eigenvalue weighted by Crippen LogP contribution is 2.27. The topological polar surface area (TPSA) is 62.6 Å². The maximum atomic E-state index is 12.7. The van der Waals surface area contributed by atoms with Crippen LogP contribution >= 0.6 is 0 Å². The van der Waals surface area contributed by atoms with Crippen LogP contribution in [-0.4, -0.2) is 34.8 Å². The summed E-state index contributed by atoms with van der Waals surface area (Å²) in [6.07, 6.45) is 1.33. The van der Waals surface area contributed by atoms with Gasteiger partial charge >= 0.3 is 0 Å². The highest BCUT2D eigenvalue weighted by Gasteiger charge is 2.39. The summed E-state index contributed by atoms with van der Waals surface area (Å²) in [7, 11) is 0. The molecule has 1 N–H and O–H groups in total. The molecule has 1 aromatic heterocycles. The van der Waals surface area contributed by atoms with E-state index < -0.39 is 6.04 Å². The van der Waals surface area contributed by atoms with Gasteiger partial charge in [0.25, 0.3) is 5.91 Å². The highest BCUT2D eigenvalue weighted by atomic mass is 16.3. The summed E-state index contributed by atoms with van der Waals surface area (Å²) in [5, 5.41) is 3.82. The molecule has 3 rings (SSSR count). The summed E-state index contributed by atoms with van der Waals surface area (Å²) in [6, 6.07) is 7.15. The minimum absolute atomic E-state index is 0.0231. The van der Waals surface area contributed by atoms with Gasteiger partial charge in [0, 0.05) is 23.0 Å². The normalized spacial score (nSPS) is 18.4. The van der Waals surface area contributed by atoms with Crippen molar-refractivity contribution in [2.75, 3.05) is 6.54 Å². The van der Waals surface area contributed by atoms with Crippen LogP contribution in [0, 0.1) is 0 Å². The Morgan fingerprint density at radius 2 is 2.04 bits per heavy atom. The Morgan fingerprint density at radius 3 is 2.67 bits per heavy atom. The monoisotopic (exact) mass is 328 g/mol. The average molecular weight is 328 g/mol. The second-order valence-corrected chi connectivity index (χ2v) is 7.23. The van der Waals surface area contributed by atoms with Crippen LogP contribution in [0.2, 0.25) is 0 Å². The number of furan rings is 1. The lowest BCUT2D eigenvalue weighted by Crippen LogP contribution is -2.47. The van der Waals surface area contributed by atoms with Crippen LogP contribution < -0.4 is 5.32 Å². The Balaban J connectivity index is 1.83. The number of hydrogen-bond acceptors (Lipinski definition) is 3. The molecule has 2 heterocycles. The minimum atomic E-state index is -0.477. The van der Waals surface area contributed by atoms with Crippen molar-refractivity contribution in [3.05, 3.63) is 35.6 Å². The third-order valence-electron chi connectivity index (χ3n) is 4.58. The Hall–Kier alpha value is -2.30.